The molecule has 0 amide bonds. The number of ether oxygens (including phenoxy) is 2. The Morgan fingerprint density at radius 1 is 1.12 bits per heavy atom. The summed E-state index contributed by atoms with van der Waals surface area (Å²) in [7, 11) is 1.29. The number of rotatable bonds is 2. The van der Waals surface area contributed by atoms with Gasteiger partial charge in [0.25, 0.3) is 0 Å². The van der Waals surface area contributed by atoms with Crippen molar-refractivity contribution >= 4 is 28.5 Å². The molecule has 0 radical (unpaired) electrons. The van der Waals surface area contributed by atoms with Crippen LogP contribution >= 0.6 is 11.6 Å². The summed E-state index contributed by atoms with van der Waals surface area (Å²) >= 11 is 5.95. The molecule has 0 unspecified atom stereocenters. The zero-order valence-electron chi connectivity index (χ0n) is 13.2. The largest absolute Gasteiger partial charge is 0.476 e. The van der Waals surface area contributed by atoms with Crippen molar-refractivity contribution in [3.05, 3.63) is 75.1 Å². The quantitative estimate of drug-likeness (QED) is 0.519. The van der Waals surface area contributed by atoms with Crippen LogP contribution in [0.25, 0.3) is 11.0 Å². The molecule has 25 heavy (non-hydrogen) atoms. The summed E-state index contributed by atoms with van der Waals surface area (Å²) in [5.74, 6) is -0.817. The zero-order valence-corrected chi connectivity index (χ0v) is 13.9. The van der Waals surface area contributed by atoms with Gasteiger partial charge in [0.05, 0.1) is 24.0 Å². The Morgan fingerprint density at radius 2 is 1.84 bits per heavy atom. The molecule has 6 heteroatoms. The number of methoxy groups -OCH3 is 1. The van der Waals surface area contributed by atoms with Crippen molar-refractivity contribution in [2.45, 2.75) is 12.0 Å². The summed E-state index contributed by atoms with van der Waals surface area (Å²) in [4.78, 5) is 24.9. The number of carbonyl (C=O) groups excluding carboxylic acids is 1. The third-order valence-electron chi connectivity index (χ3n) is 4.32. The van der Waals surface area contributed by atoms with Gasteiger partial charge in [-0.05, 0) is 29.8 Å². The maximum absolute atomic E-state index is 12.6. The van der Waals surface area contributed by atoms with E-state index in [4.69, 9.17) is 25.5 Å². The molecule has 2 aromatic carbocycles. The number of hydrogen-bond acceptors (Lipinski definition) is 5. The third kappa shape index (κ3) is 2.48. The Kier molecular flexibility index (Phi) is 3.73. The number of hydrogen-bond donors (Lipinski definition) is 0. The maximum Gasteiger partial charge on any atom is 0.348 e. The lowest BCUT2D eigenvalue weighted by Crippen LogP contribution is -2.31. The van der Waals surface area contributed by atoms with Crippen LogP contribution in [0.5, 0.6) is 5.75 Å². The molecule has 0 saturated heterocycles. The van der Waals surface area contributed by atoms with Crippen LogP contribution in [0.1, 0.15) is 17.0 Å². The first-order chi connectivity index (χ1) is 12.1. The van der Waals surface area contributed by atoms with Crippen LogP contribution in [-0.2, 0) is 9.53 Å². The first kappa shape index (κ1) is 15.7. The number of fused-ring (bicyclic) bond motifs is 3. The molecular formula is C19H13ClO5. The SMILES string of the molecule is COC(=O)[C@@H]1Oc2c(c(=O)oc3ccccc23)[C@H]1c1ccc(Cl)cc1. The number of esters is 1. The van der Waals surface area contributed by atoms with Gasteiger partial charge in [0, 0.05) is 5.02 Å². The Hall–Kier alpha value is -2.79. The van der Waals surface area contributed by atoms with Gasteiger partial charge < -0.3 is 13.9 Å². The molecule has 0 N–H and O–H groups in total. The Bertz CT molecular complexity index is 1020. The van der Waals surface area contributed by atoms with Gasteiger partial charge in [-0.25, -0.2) is 9.59 Å². The van der Waals surface area contributed by atoms with Crippen molar-refractivity contribution < 1.29 is 18.7 Å². The van der Waals surface area contributed by atoms with Gasteiger partial charge in [-0.2, -0.15) is 0 Å². The molecule has 0 saturated carbocycles. The molecule has 0 bridgehead atoms. The fraction of sp³-hybridized carbons (Fsp3) is 0.158. The normalized spacial score (nSPS) is 18.6. The lowest BCUT2D eigenvalue weighted by atomic mass is 9.88. The third-order valence-corrected chi connectivity index (χ3v) is 4.57. The van der Waals surface area contributed by atoms with E-state index < -0.39 is 23.6 Å². The molecule has 1 aliphatic heterocycles. The molecule has 0 fully saturated rings. The van der Waals surface area contributed by atoms with E-state index in [-0.39, 0.29) is 0 Å². The van der Waals surface area contributed by atoms with Gasteiger partial charge in [-0.3, -0.25) is 0 Å². The summed E-state index contributed by atoms with van der Waals surface area (Å²) < 4.78 is 16.2. The molecule has 0 aliphatic carbocycles. The highest BCUT2D eigenvalue weighted by Gasteiger charge is 2.44. The van der Waals surface area contributed by atoms with Gasteiger partial charge in [0.2, 0.25) is 6.10 Å². The van der Waals surface area contributed by atoms with E-state index >= 15 is 0 Å². The molecule has 2 atom stereocenters. The highest BCUT2D eigenvalue weighted by Crippen LogP contribution is 2.44. The Balaban J connectivity index is 1.98. The molecule has 4 rings (SSSR count). The van der Waals surface area contributed by atoms with Crippen LogP contribution in [0.15, 0.2) is 57.7 Å². The molecule has 1 aliphatic rings. The van der Waals surface area contributed by atoms with Crippen LogP contribution in [0.3, 0.4) is 0 Å². The van der Waals surface area contributed by atoms with Gasteiger partial charge in [-0.1, -0.05) is 35.9 Å². The minimum Gasteiger partial charge on any atom is -0.476 e. The minimum absolute atomic E-state index is 0.316. The fourth-order valence-electron chi connectivity index (χ4n) is 3.19. The van der Waals surface area contributed by atoms with Crippen molar-refractivity contribution in [2.24, 2.45) is 0 Å². The molecule has 0 spiro atoms. The average molecular weight is 357 g/mol. The summed E-state index contributed by atoms with van der Waals surface area (Å²) in [5.41, 5.74) is 0.921. The highest BCUT2D eigenvalue weighted by atomic mass is 35.5. The van der Waals surface area contributed by atoms with Gasteiger partial charge in [0.15, 0.2) is 0 Å². The van der Waals surface area contributed by atoms with Gasteiger partial charge >= 0.3 is 11.6 Å². The lowest BCUT2D eigenvalue weighted by molar-refractivity contribution is -0.148. The monoisotopic (exact) mass is 356 g/mol. The van der Waals surface area contributed by atoms with Crippen LogP contribution in [0.4, 0.5) is 0 Å². The Morgan fingerprint density at radius 3 is 2.56 bits per heavy atom. The van der Waals surface area contributed by atoms with Crippen molar-refractivity contribution in [1.82, 2.24) is 0 Å². The number of carbonyl (C=O) groups is 1. The summed E-state index contributed by atoms with van der Waals surface area (Å²) in [6, 6.07) is 14.0. The van der Waals surface area contributed by atoms with E-state index in [1.54, 1.807) is 42.5 Å². The Labute approximate surface area is 147 Å². The van der Waals surface area contributed by atoms with Crippen LogP contribution in [0, 0.1) is 0 Å². The van der Waals surface area contributed by atoms with Crippen molar-refractivity contribution in [3.63, 3.8) is 0 Å². The summed E-state index contributed by atoms with van der Waals surface area (Å²) in [6.45, 7) is 0. The van der Waals surface area contributed by atoms with Gasteiger partial charge in [-0.15, -0.1) is 0 Å². The predicted molar refractivity (Wildman–Crippen MR) is 92.2 cm³/mol. The molecule has 3 aromatic rings. The first-order valence-electron chi connectivity index (χ1n) is 7.66. The number of benzene rings is 2. The second-order valence-corrected chi connectivity index (χ2v) is 6.16. The fourth-order valence-corrected chi connectivity index (χ4v) is 3.32. The maximum atomic E-state index is 12.6. The van der Waals surface area contributed by atoms with Crippen LogP contribution < -0.4 is 10.4 Å². The highest BCUT2D eigenvalue weighted by molar-refractivity contribution is 6.30. The molecule has 2 heterocycles. The number of halogens is 1. The van der Waals surface area contributed by atoms with E-state index in [1.807, 2.05) is 6.07 Å². The van der Waals surface area contributed by atoms with E-state index in [0.717, 1.165) is 5.56 Å². The van der Waals surface area contributed by atoms with E-state index in [2.05, 4.69) is 0 Å². The van der Waals surface area contributed by atoms with Crippen molar-refractivity contribution in [2.75, 3.05) is 7.11 Å². The minimum atomic E-state index is -0.963. The van der Waals surface area contributed by atoms with Gasteiger partial charge in [0.1, 0.15) is 11.3 Å². The molecule has 5 nitrogen and oxygen atoms in total. The van der Waals surface area contributed by atoms with Crippen molar-refractivity contribution in [3.8, 4) is 5.75 Å². The van der Waals surface area contributed by atoms with E-state index in [9.17, 15) is 9.59 Å². The smallest absolute Gasteiger partial charge is 0.348 e. The molecule has 126 valence electrons. The number of para-hydroxylation sites is 1. The molecule has 1 aromatic heterocycles. The summed E-state index contributed by atoms with van der Waals surface area (Å²) in [5, 5.41) is 1.20. The summed E-state index contributed by atoms with van der Waals surface area (Å²) in [6.07, 6.45) is -0.963. The standard InChI is InChI=1S/C19H13ClO5/c1-23-19(22)17-14(10-6-8-11(20)9-7-10)15-16(25-17)12-4-2-3-5-13(12)24-18(15)21/h2-9,14,17H,1H3/t14-,17-/m1/s1. The second kappa shape index (κ2) is 5.93. The first-order valence-corrected chi connectivity index (χ1v) is 8.03. The van der Waals surface area contributed by atoms with Crippen molar-refractivity contribution in [1.29, 1.82) is 0 Å². The topological polar surface area (TPSA) is 65.7 Å². The predicted octanol–water partition coefficient (Wildman–Crippen LogP) is 3.51. The average Bonchev–Trinajstić information content (AvgIpc) is 3.03. The van der Waals surface area contributed by atoms with E-state index in [0.29, 0.717) is 27.3 Å². The zero-order chi connectivity index (χ0) is 17.6. The second-order valence-electron chi connectivity index (χ2n) is 5.72. The molecular weight excluding hydrogens is 344 g/mol. The van der Waals surface area contributed by atoms with Crippen LogP contribution in [0.2, 0.25) is 5.02 Å². The van der Waals surface area contributed by atoms with Crippen LogP contribution in [-0.4, -0.2) is 19.2 Å². The lowest BCUT2D eigenvalue weighted by Gasteiger charge is -2.16. The van der Waals surface area contributed by atoms with E-state index in [1.165, 1.54) is 7.11 Å².